The number of hydrogen-bond donors (Lipinski definition) is 2. The third-order valence-corrected chi connectivity index (χ3v) is 3.06. The molecule has 1 aromatic heterocycles. The summed E-state index contributed by atoms with van der Waals surface area (Å²) in [4.78, 5) is 14.8. The summed E-state index contributed by atoms with van der Waals surface area (Å²) in [6, 6.07) is 8.00. The number of nitrogens with one attached hydrogen (secondary N) is 1. The molecular weight excluding hydrogens is 212 g/mol. The molecule has 0 aliphatic rings. The highest BCUT2D eigenvalue weighted by molar-refractivity contribution is 5.86. The smallest absolute Gasteiger partial charge is 0.225 e. The summed E-state index contributed by atoms with van der Waals surface area (Å²) in [5, 5.41) is 1.11. The Morgan fingerprint density at radius 1 is 1.29 bits per heavy atom. The summed E-state index contributed by atoms with van der Waals surface area (Å²) >= 11 is 0. The van der Waals surface area contributed by atoms with Crippen LogP contribution >= 0.6 is 0 Å². The molecule has 0 aliphatic carbocycles. The molecule has 0 saturated carbocycles. The Morgan fingerprint density at radius 3 is 2.59 bits per heavy atom. The molecule has 1 aromatic carbocycles. The van der Waals surface area contributed by atoms with Crippen LogP contribution in [0.15, 0.2) is 30.5 Å². The van der Waals surface area contributed by atoms with Gasteiger partial charge in [0.15, 0.2) is 0 Å². The van der Waals surface area contributed by atoms with Crippen LogP contribution in [0.5, 0.6) is 0 Å². The number of rotatable bonds is 2. The Kier molecular flexibility index (Phi) is 2.69. The van der Waals surface area contributed by atoms with E-state index < -0.39 is 0 Å². The molecule has 1 amide bonds. The Morgan fingerprint density at radius 2 is 2.00 bits per heavy atom. The van der Waals surface area contributed by atoms with Gasteiger partial charge in [-0.2, -0.15) is 0 Å². The highest BCUT2D eigenvalue weighted by Crippen LogP contribution is 2.35. The number of aromatic amines is 1. The van der Waals surface area contributed by atoms with Gasteiger partial charge in [0.1, 0.15) is 0 Å². The van der Waals surface area contributed by atoms with Crippen molar-refractivity contribution in [2.45, 2.75) is 26.7 Å². The van der Waals surface area contributed by atoms with Crippen molar-refractivity contribution in [3.05, 3.63) is 36.0 Å². The van der Waals surface area contributed by atoms with E-state index in [2.05, 4.69) is 4.98 Å². The average molecular weight is 230 g/mol. The molecular formula is C14H18N2O. The predicted molar refractivity (Wildman–Crippen MR) is 69.7 cm³/mol. The van der Waals surface area contributed by atoms with E-state index in [0.29, 0.717) is 0 Å². The molecule has 0 aliphatic heterocycles. The number of amides is 1. The van der Waals surface area contributed by atoms with E-state index in [1.54, 1.807) is 0 Å². The molecule has 3 heteroatoms. The van der Waals surface area contributed by atoms with Crippen molar-refractivity contribution >= 4 is 16.8 Å². The van der Waals surface area contributed by atoms with Crippen molar-refractivity contribution in [3.63, 3.8) is 0 Å². The number of benzene rings is 1. The van der Waals surface area contributed by atoms with Gasteiger partial charge in [0, 0.05) is 11.7 Å². The number of aromatic nitrogens is 1. The first-order valence-electron chi connectivity index (χ1n) is 5.76. The van der Waals surface area contributed by atoms with E-state index >= 15 is 0 Å². The molecule has 2 aromatic rings. The van der Waals surface area contributed by atoms with Crippen LogP contribution in [-0.2, 0) is 4.79 Å². The Labute approximate surface area is 101 Å². The van der Waals surface area contributed by atoms with Crippen molar-refractivity contribution in [1.29, 1.82) is 0 Å². The highest BCUT2D eigenvalue weighted by atomic mass is 16.1. The third kappa shape index (κ3) is 2.18. The standard InChI is InChI=1S/C14H18N2O/c1-14(2,3)12(13(15)17)10-4-5-11-9(8-10)6-7-16-11/h4-8,12,16H,1-3H3,(H2,15,17). The quantitative estimate of drug-likeness (QED) is 0.818. The third-order valence-electron chi connectivity index (χ3n) is 3.06. The highest BCUT2D eigenvalue weighted by Gasteiger charge is 2.31. The fraction of sp³-hybridized carbons (Fsp3) is 0.357. The summed E-state index contributed by atoms with van der Waals surface area (Å²) in [6.45, 7) is 6.09. The van der Waals surface area contributed by atoms with Gasteiger partial charge in [0.25, 0.3) is 0 Å². The summed E-state index contributed by atoms with van der Waals surface area (Å²) in [5.41, 5.74) is 7.41. The first-order chi connectivity index (χ1) is 7.89. The Bertz CT molecular complexity index is 549. The summed E-state index contributed by atoms with van der Waals surface area (Å²) in [5.74, 6) is -0.533. The minimum Gasteiger partial charge on any atom is -0.369 e. The largest absolute Gasteiger partial charge is 0.369 e. The van der Waals surface area contributed by atoms with E-state index in [9.17, 15) is 4.79 Å². The minimum absolute atomic E-state index is 0.171. The van der Waals surface area contributed by atoms with Crippen molar-refractivity contribution in [2.24, 2.45) is 11.1 Å². The monoisotopic (exact) mass is 230 g/mol. The molecule has 0 radical (unpaired) electrons. The summed E-state index contributed by atoms with van der Waals surface area (Å²) in [7, 11) is 0. The van der Waals surface area contributed by atoms with Crippen molar-refractivity contribution in [3.8, 4) is 0 Å². The summed E-state index contributed by atoms with van der Waals surface area (Å²) in [6.07, 6.45) is 1.89. The first-order valence-corrected chi connectivity index (χ1v) is 5.76. The van der Waals surface area contributed by atoms with Crippen LogP contribution in [0.1, 0.15) is 32.3 Å². The zero-order valence-electron chi connectivity index (χ0n) is 10.4. The zero-order chi connectivity index (χ0) is 12.6. The second-order valence-corrected chi connectivity index (χ2v) is 5.53. The van der Waals surface area contributed by atoms with Gasteiger partial charge >= 0.3 is 0 Å². The van der Waals surface area contributed by atoms with Gasteiger partial charge in [0.2, 0.25) is 5.91 Å². The molecule has 3 N–H and O–H groups in total. The molecule has 0 fully saturated rings. The van der Waals surface area contributed by atoms with E-state index in [1.165, 1.54) is 0 Å². The lowest BCUT2D eigenvalue weighted by atomic mass is 9.76. The van der Waals surface area contributed by atoms with Gasteiger partial charge in [-0.3, -0.25) is 4.79 Å². The second kappa shape index (κ2) is 3.91. The van der Waals surface area contributed by atoms with Crippen molar-refractivity contribution in [1.82, 2.24) is 4.98 Å². The molecule has 90 valence electrons. The van der Waals surface area contributed by atoms with Gasteiger partial charge in [-0.1, -0.05) is 26.8 Å². The normalized spacial score (nSPS) is 13.8. The molecule has 0 bridgehead atoms. The van der Waals surface area contributed by atoms with Gasteiger partial charge < -0.3 is 10.7 Å². The van der Waals surface area contributed by atoms with Crippen molar-refractivity contribution < 1.29 is 4.79 Å². The topological polar surface area (TPSA) is 58.9 Å². The van der Waals surface area contributed by atoms with Crippen LogP contribution in [0, 0.1) is 5.41 Å². The molecule has 1 unspecified atom stereocenters. The molecule has 1 atom stereocenters. The summed E-state index contributed by atoms with van der Waals surface area (Å²) < 4.78 is 0. The number of primary amides is 1. The van der Waals surface area contributed by atoms with Gasteiger partial charge in [-0.15, -0.1) is 0 Å². The maximum Gasteiger partial charge on any atom is 0.225 e. The van der Waals surface area contributed by atoms with E-state index in [-0.39, 0.29) is 17.2 Å². The fourth-order valence-corrected chi connectivity index (χ4v) is 2.34. The van der Waals surface area contributed by atoms with Crippen LogP contribution in [-0.4, -0.2) is 10.9 Å². The lowest BCUT2D eigenvalue weighted by molar-refractivity contribution is -0.121. The number of carbonyl (C=O) groups excluding carboxylic acids is 1. The maximum absolute atomic E-state index is 11.6. The molecule has 1 heterocycles. The number of hydrogen-bond acceptors (Lipinski definition) is 1. The average Bonchev–Trinajstić information content (AvgIpc) is 2.61. The molecule has 0 saturated heterocycles. The molecule has 17 heavy (non-hydrogen) atoms. The lowest BCUT2D eigenvalue weighted by Crippen LogP contribution is -2.31. The maximum atomic E-state index is 11.6. The van der Waals surface area contributed by atoms with Crippen LogP contribution in [0.4, 0.5) is 0 Å². The number of fused-ring (bicyclic) bond motifs is 1. The van der Waals surface area contributed by atoms with Crippen molar-refractivity contribution in [2.75, 3.05) is 0 Å². The van der Waals surface area contributed by atoms with E-state index in [4.69, 9.17) is 5.73 Å². The van der Waals surface area contributed by atoms with Crippen LogP contribution in [0.2, 0.25) is 0 Å². The number of nitrogens with two attached hydrogens (primary N) is 1. The van der Waals surface area contributed by atoms with Crippen LogP contribution in [0.3, 0.4) is 0 Å². The SMILES string of the molecule is CC(C)(C)C(C(N)=O)c1ccc2[nH]ccc2c1. The zero-order valence-corrected chi connectivity index (χ0v) is 10.4. The molecule has 0 spiro atoms. The fourth-order valence-electron chi connectivity index (χ4n) is 2.34. The Balaban J connectivity index is 2.52. The molecule has 2 rings (SSSR count). The van der Waals surface area contributed by atoms with E-state index in [1.807, 2.05) is 51.2 Å². The van der Waals surface area contributed by atoms with Gasteiger partial charge in [-0.05, 0) is 34.6 Å². The van der Waals surface area contributed by atoms with Gasteiger partial charge in [0.05, 0.1) is 5.92 Å². The second-order valence-electron chi connectivity index (χ2n) is 5.53. The molecule has 3 nitrogen and oxygen atoms in total. The minimum atomic E-state index is -0.271. The lowest BCUT2D eigenvalue weighted by Gasteiger charge is -2.28. The van der Waals surface area contributed by atoms with E-state index in [0.717, 1.165) is 16.5 Å². The number of H-pyrrole nitrogens is 1. The first kappa shape index (κ1) is 11.7. The van der Waals surface area contributed by atoms with Crippen LogP contribution in [0.25, 0.3) is 10.9 Å². The Hall–Kier alpha value is -1.77. The predicted octanol–water partition coefficient (Wildman–Crippen LogP) is 2.78. The number of carbonyl (C=O) groups is 1. The van der Waals surface area contributed by atoms with Gasteiger partial charge in [-0.25, -0.2) is 0 Å². The van der Waals surface area contributed by atoms with Crippen LogP contribution < -0.4 is 5.73 Å².